The first kappa shape index (κ1) is 57.0. The number of aliphatic hydroxyl groups excluding tert-OH is 3. The van der Waals surface area contributed by atoms with Crippen molar-refractivity contribution < 1.29 is 103 Å². The summed E-state index contributed by atoms with van der Waals surface area (Å²) in [5.74, 6) is -1.22. The molecular weight excluding hydrogens is 1120 g/mol. The smallest absolute Gasteiger partial charge is 0.387 e. The number of nitrogens with one attached hydrogen (secondary N) is 2. The highest BCUT2D eigenvalue weighted by Crippen LogP contribution is 2.71. The van der Waals surface area contributed by atoms with Crippen LogP contribution in [0.1, 0.15) is 25.1 Å². The summed E-state index contributed by atoms with van der Waals surface area (Å²) in [6, 6.07) is 0.937. The van der Waals surface area contributed by atoms with E-state index in [0.29, 0.717) is 0 Å². The predicted octanol–water partition coefficient (Wildman–Crippen LogP) is -2.65. The molecule has 3 fully saturated rings. The first-order valence-corrected chi connectivity index (χ1v) is 28.8. The lowest BCUT2D eigenvalue weighted by Gasteiger charge is -2.26. The van der Waals surface area contributed by atoms with E-state index in [9.17, 15) is 62.6 Å². The Morgan fingerprint density at radius 2 is 1.44 bits per heavy atom. The summed E-state index contributed by atoms with van der Waals surface area (Å²) < 4.78 is 116. The number of nitrogens with two attached hydrogens (primary N) is 2. The van der Waals surface area contributed by atoms with Crippen LogP contribution in [0.25, 0.3) is 22.3 Å². The largest absolute Gasteiger partial charge is 0.488 e. The van der Waals surface area contributed by atoms with Crippen molar-refractivity contribution in [2.75, 3.05) is 52.1 Å². The molecule has 5 aromatic rings. The van der Waals surface area contributed by atoms with E-state index in [1.54, 1.807) is 0 Å². The van der Waals surface area contributed by atoms with Crippen molar-refractivity contribution >= 4 is 76.6 Å². The Kier molecular flexibility index (Phi) is 16.9. The zero-order valence-corrected chi connectivity index (χ0v) is 43.3. The molecule has 8 heterocycles. The van der Waals surface area contributed by atoms with Crippen LogP contribution in [0.5, 0.6) is 0 Å². The summed E-state index contributed by atoms with van der Waals surface area (Å²) in [5, 5.41) is 32.7. The molecule has 414 valence electrons. The molecule has 3 aliphatic rings. The van der Waals surface area contributed by atoms with Crippen LogP contribution in [0.15, 0.2) is 45.6 Å². The second-order valence-corrected chi connectivity index (χ2v) is 24.2. The van der Waals surface area contributed by atoms with Gasteiger partial charge in [-0.3, -0.25) is 46.8 Å². The molecule has 3 saturated heterocycles. The molecule has 8 rings (SSSR count). The molecule has 36 nitrogen and oxygen atoms in total. The van der Waals surface area contributed by atoms with Crippen molar-refractivity contribution in [3.63, 3.8) is 0 Å². The number of thiol groups is 1. The van der Waals surface area contributed by atoms with Gasteiger partial charge in [0.05, 0.1) is 39.3 Å². The number of methoxy groups -OCH3 is 2. The number of H-pyrrole nitrogens is 2. The molecule has 0 aliphatic carbocycles. The van der Waals surface area contributed by atoms with Gasteiger partial charge in [0, 0.05) is 39.0 Å². The molecule has 41 heteroatoms. The number of aromatic amines is 2. The third kappa shape index (κ3) is 12.4. The predicted molar refractivity (Wildman–Crippen MR) is 248 cm³/mol. The molecule has 0 amide bonds. The number of rotatable bonds is 22. The molecule has 16 atom stereocenters. The van der Waals surface area contributed by atoms with Crippen molar-refractivity contribution in [2.24, 2.45) is 13.0 Å². The first-order valence-electron chi connectivity index (χ1n) is 21.6. The maximum absolute atomic E-state index is 13.6. The van der Waals surface area contributed by atoms with Crippen LogP contribution in [0.2, 0.25) is 0 Å². The summed E-state index contributed by atoms with van der Waals surface area (Å²) in [5.41, 5.74) is 9.50. The number of nitrogens with zero attached hydrogens (tertiary/aromatic N) is 8. The second-order valence-electron chi connectivity index (χ2n) is 16.7. The van der Waals surface area contributed by atoms with Gasteiger partial charge in [-0.2, -0.15) is 18.2 Å². The minimum Gasteiger partial charge on any atom is -0.387 e. The summed E-state index contributed by atoms with van der Waals surface area (Å²) in [6.07, 6.45) is -12.5. The zero-order valence-electron chi connectivity index (χ0n) is 38.9. The van der Waals surface area contributed by atoms with Crippen LogP contribution in [0.4, 0.5) is 11.8 Å². The Morgan fingerprint density at radius 1 is 0.773 bits per heavy atom. The Balaban J connectivity index is 0.942. The highest BCUT2D eigenvalue weighted by atomic mass is 32.7. The molecule has 0 saturated carbocycles. The van der Waals surface area contributed by atoms with Gasteiger partial charge in [0.15, 0.2) is 23.9 Å². The normalized spacial score (nSPS) is 30.4. The van der Waals surface area contributed by atoms with Gasteiger partial charge in [0.2, 0.25) is 18.5 Å². The Labute approximate surface area is 423 Å². The van der Waals surface area contributed by atoms with E-state index in [4.69, 9.17) is 53.2 Å². The average molecular weight is 1170 g/mol. The van der Waals surface area contributed by atoms with E-state index in [-0.39, 0.29) is 47.1 Å². The van der Waals surface area contributed by atoms with Gasteiger partial charge in [0.1, 0.15) is 54.6 Å². The number of fused-ring (bicyclic) bond motifs is 2. The van der Waals surface area contributed by atoms with E-state index in [1.165, 1.54) is 40.5 Å². The van der Waals surface area contributed by atoms with Gasteiger partial charge in [-0.25, -0.2) is 42.6 Å². The van der Waals surface area contributed by atoms with Crippen molar-refractivity contribution in [1.29, 1.82) is 0 Å². The maximum atomic E-state index is 13.6. The van der Waals surface area contributed by atoms with Crippen molar-refractivity contribution in [2.45, 2.75) is 73.9 Å². The van der Waals surface area contributed by atoms with Crippen LogP contribution < -0.4 is 32.8 Å². The van der Waals surface area contributed by atoms with E-state index < -0.39 is 140 Å². The highest BCUT2D eigenvalue weighted by molar-refractivity contribution is 8.45. The number of phosphoric ester groups is 2. The first-order chi connectivity index (χ1) is 35.2. The Hall–Kier alpha value is -4.23. The number of nitrogen functional groups attached to an aromatic ring is 2. The molecule has 12 N–H and O–H groups in total. The van der Waals surface area contributed by atoms with Gasteiger partial charge < -0.3 is 65.2 Å². The lowest BCUT2D eigenvalue weighted by Crippen LogP contribution is -2.38. The van der Waals surface area contributed by atoms with E-state index >= 15 is 0 Å². The molecule has 5 aromatic heterocycles. The summed E-state index contributed by atoms with van der Waals surface area (Å²) >= 11 is 3.70. The van der Waals surface area contributed by atoms with Gasteiger partial charge in [0.25, 0.3) is 16.7 Å². The zero-order chi connectivity index (χ0) is 54.5. The van der Waals surface area contributed by atoms with Gasteiger partial charge in [-0.1, -0.05) is 12.2 Å². The number of hydrogen-bond acceptors (Lipinski definition) is 27. The van der Waals surface area contributed by atoms with E-state index in [0.717, 1.165) is 30.3 Å². The number of aliphatic hydroxyl groups is 3. The van der Waals surface area contributed by atoms with Crippen molar-refractivity contribution in [3.05, 3.63) is 62.4 Å². The molecule has 3 aliphatic heterocycles. The van der Waals surface area contributed by atoms with Crippen molar-refractivity contribution in [3.8, 4) is 0 Å². The quantitative estimate of drug-likeness (QED) is 0.0192. The molecule has 0 bridgehead atoms. The highest BCUT2D eigenvalue weighted by Gasteiger charge is 2.54. The number of hydrogen-bond donors (Lipinski definition) is 11. The fraction of sp³-hybridized carbons (Fsp3) is 0.588. The van der Waals surface area contributed by atoms with E-state index in [1.807, 2.05) is 4.98 Å². The molecule has 0 spiro atoms. The molecule has 0 radical (unpaired) electrons. The fourth-order valence-corrected chi connectivity index (χ4v) is 14.0. The van der Waals surface area contributed by atoms with Crippen molar-refractivity contribution in [1.82, 2.24) is 43.6 Å². The van der Waals surface area contributed by atoms with Gasteiger partial charge in [-0.05, 0) is 6.42 Å². The molecular formula is C34H49N12O24P4S+. The second kappa shape index (κ2) is 22.3. The Morgan fingerprint density at radius 3 is 2.15 bits per heavy atom. The number of phosphoric acid groups is 3. The summed E-state index contributed by atoms with van der Waals surface area (Å²) in [7, 11) is -13.1. The lowest BCUT2D eigenvalue weighted by atomic mass is 9.95. The Bertz CT molecular complexity index is 3290. The number of imidazole rings is 2. The molecule has 5 unspecified atom stereocenters. The minimum absolute atomic E-state index is 0.00816. The standard InChI is InChI=1S/C34H48N12O24P4S/c1-43-13-46(28-20(43)29(51)42-33(36)41-28)30-21(48)14(5-7-60-2)15(65-30)8-63-72(55,56)69-73(57,58)70-74(59,75)64-10-17-24(25(61-3)32(67-17)45-12-39-19-26(35)37-11-38-27(19)45)68-71(53,54)62-9-16-22(49)23(50)31(66-16)44-6-4-18(47)40-34(44)52/h4,6,11-17,21-25,30-32,48-50H,5,7-10H2,1-3H3,(H9-,35,36,37,38,40,41,42,47,51,52,53,54,55,56,57,58,59,75)/p+1/t14-,15-,16-,17-,21-,22-,23-,24-,25-,30?,31-,32-,74?/m1/s1. The van der Waals surface area contributed by atoms with Crippen LogP contribution in [0, 0.1) is 5.92 Å². The average Bonchev–Trinajstić information content (AvgIpc) is 4.12. The maximum Gasteiger partial charge on any atom is 0.488 e. The van der Waals surface area contributed by atoms with Crippen LogP contribution in [0.3, 0.4) is 0 Å². The van der Waals surface area contributed by atoms with E-state index in [2.05, 4.69) is 45.8 Å². The number of ether oxygens (including phenoxy) is 5. The number of anilines is 2. The summed E-state index contributed by atoms with van der Waals surface area (Å²) in [4.78, 5) is 89.3. The monoisotopic (exact) mass is 1170 g/mol. The molecule has 75 heavy (non-hydrogen) atoms. The minimum atomic E-state index is -6.00. The SMILES string of the molecule is COCC[C@@H]1[C@@H](COP(=O)(O)OP(=O)(O)OP(=O)(S)OC[C@H]2O[C@@H](n3cnc4c(N)ncnc43)[C@H](OC)[C@@H]2OP(=O)(O)OC[C@H]2O[C@@H](n3ccc(=O)[nH]c3=O)[C@H](O)[C@@H]2O)OC(n2c[n+](C)c3c(=O)[nH]c(N)nc32)[C@@H]1O. The summed E-state index contributed by atoms with van der Waals surface area (Å²) in [6.45, 7) is -8.16. The van der Waals surface area contributed by atoms with Crippen LogP contribution in [-0.4, -0.2) is 163 Å². The van der Waals surface area contributed by atoms with Crippen LogP contribution >= 0.6 is 42.5 Å². The third-order valence-corrected chi connectivity index (χ3v) is 18.0. The molecule has 0 aromatic carbocycles. The van der Waals surface area contributed by atoms with Gasteiger partial charge in [-0.15, -0.1) is 0 Å². The fourth-order valence-electron chi connectivity index (χ4n) is 8.49. The van der Waals surface area contributed by atoms with Gasteiger partial charge >= 0.3 is 41.5 Å². The number of aromatic nitrogens is 10. The van der Waals surface area contributed by atoms with Crippen LogP contribution in [-0.2, 0) is 75.7 Å². The topological polar surface area (TPSA) is 496 Å². The third-order valence-electron chi connectivity index (χ3n) is 11.8. The number of aryl methyl sites for hydroxylation is 1. The lowest BCUT2D eigenvalue weighted by molar-refractivity contribution is -0.646.